The van der Waals surface area contributed by atoms with E-state index in [1.54, 1.807) is 36.7 Å². The molecular formula is C24H21FN4O2S. The molecule has 162 valence electrons. The highest BCUT2D eigenvalue weighted by atomic mass is 32.2. The summed E-state index contributed by atoms with van der Waals surface area (Å²) in [7, 11) is -3.49. The zero-order valence-electron chi connectivity index (χ0n) is 17.3. The maximum absolute atomic E-state index is 14.2. The number of hydrogen-bond acceptors (Lipinski definition) is 5. The van der Waals surface area contributed by atoms with Crippen LogP contribution in [-0.2, 0) is 16.4 Å². The van der Waals surface area contributed by atoms with Crippen molar-refractivity contribution in [3.8, 4) is 11.3 Å². The predicted molar refractivity (Wildman–Crippen MR) is 122 cm³/mol. The van der Waals surface area contributed by atoms with Crippen molar-refractivity contribution >= 4 is 15.8 Å². The quantitative estimate of drug-likeness (QED) is 0.452. The number of nitrogens with one attached hydrogen (secondary N) is 1. The molecule has 0 spiro atoms. The fourth-order valence-corrected chi connectivity index (χ4v) is 4.10. The molecule has 4 rings (SSSR count). The summed E-state index contributed by atoms with van der Waals surface area (Å²) < 4.78 is 39.8. The molecule has 0 atom stereocenters. The van der Waals surface area contributed by atoms with Gasteiger partial charge in [0.2, 0.25) is 10.0 Å². The average molecular weight is 449 g/mol. The summed E-state index contributed by atoms with van der Waals surface area (Å²) in [6.07, 6.45) is 8.68. The second kappa shape index (κ2) is 9.23. The number of benzene rings is 1. The van der Waals surface area contributed by atoms with Gasteiger partial charge in [-0.05, 0) is 59.5 Å². The number of aromatic nitrogens is 3. The van der Waals surface area contributed by atoms with E-state index in [1.165, 1.54) is 12.1 Å². The molecule has 3 heterocycles. The molecule has 0 aliphatic carbocycles. The van der Waals surface area contributed by atoms with E-state index in [1.807, 2.05) is 36.7 Å². The van der Waals surface area contributed by atoms with Gasteiger partial charge in [0.05, 0.1) is 11.9 Å². The lowest BCUT2D eigenvalue weighted by Gasteiger charge is -2.19. The SMILES string of the molecule is CS(=O)(=O)Nc1cccc(-c2cc(F)ccc2CC(c2cccnc2)c2cccnc2)n1. The third-order valence-electron chi connectivity index (χ3n) is 4.98. The van der Waals surface area contributed by atoms with Gasteiger partial charge in [0.25, 0.3) is 0 Å². The van der Waals surface area contributed by atoms with Gasteiger partial charge in [-0.15, -0.1) is 0 Å². The molecule has 0 aliphatic heterocycles. The molecule has 0 amide bonds. The standard InChI is InChI=1S/C24H21FN4O2S/c1-32(30,31)29-24-8-2-7-23(28-24)22-14-20(25)10-9-17(22)13-21(18-5-3-11-26-15-18)19-6-4-12-27-16-19/h2-12,14-16,21H,13H2,1H3,(H,28,29). The van der Waals surface area contributed by atoms with Crippen molar-refractivity contribution in [3.05, 3.63) is 108 Å². The summed E-state index contributed by atoms with van der Waals surface area (Å²) in [5.41, 5.74) is 3.96. The summed E-state index contributed by atoms with van der Waals surface area (Å²) in [6, 6.07) is 17.3. The van der Waals surface area contributed by atoms with Gasteiger partial charge >= 0.3 is 0 Å². The lowest BCUT2D eigenvalue weighted by molar-refractivity contribution is 0.606. The van der Waals surface area contributed by atoms with Gasteiger partial charge in [-0.25, -0.2) is 17.8 Å². The van der Waals surface area contributed by atoms with Crippen LogP contribution in [0.25, 0.3) is 11.3 Å². The average Bonchev–Trinajstić information content (AvgIpc) is 2.78. The maximum Gasteiger partial charge on any atom is 0.230 e. The summed E-state index contributed by atoms with van der Waals surface area (Å²) in [5, 5.41) is 0. The molecule has 1 aromatic carbocycles. The van der Waals surface area contributed by atoms with Crippen LogP contribution in [0.1, 0.15) is 22.6 Å². The number of halogens is 1. The Morgan fingerprint density at radius 1 is 0.938 bits per heavy atom. The van der Waals surface area contributed by atoms with Crippen molar-refractivity contribution in [2.24, 2.45) is 0 Å². The first-order chi connectivity index (χ1) is 15.4. The normalized spacial score (nSPS) is 11.5. The summed E-state index contributed by atoms with van der Waals surface area (Å²) >= 11 is 0. The highest BCUT2D eigenvalue weighted by molar-refractivity contribution is 7.92. The minimum absolute atomic E-state index is 0.0565. The van der Waals surface area contributed by atoms with Crippen molar-refractivity contribution in [2.45, 2.75) is 12.3 Å². The fourth-order valence-electron chi connectivity index (χ4n) is 3.61. The Balaban J connectivity index is 1.77. The van der Waals surface area contributed by atoms with Gasteiger partial charge in [-0.3, -0.25) is 14.7 Å². The Bertz CT molecular complexity index is 1280. The smallest absolute Gasteiger partial charge is 0.230 e. The van der Waals surface area contributed by atoms with Gasteiger partial charge in [-0.1, -0.05) is 24.3 Å². The zero-order valence-corrected chi connectivity index (χ0v) is 18.1. The predicted octanol–water partition coefficient (Wildman–Crippen LogP) is 4.42. The second-order valence-corrected chi connectivity index (χ2v) is 9.16. The number of anilines is 1. The number of hydrogen-bond donors (Lipinski definition) is 1. The Morgan fingerprint density at radius 2 is 1.62 bits per heavy atom. The number of pyridine rings is 3. The molecule has 0 radical (unpaired) electrons. The number of rotatable bonds is 7. The Hall–Kier alpha value is -3.65. The van der Waals surface area contributed by atoms with Gasteiger partial charge in [0.1, 0.15) is 11.6 Å². The molecular weight excluding hydrogens is 427 g/mol. The van der Waals surface area contributed by atoms with Crippen molar-refractivity contribution in [2.75, 3.05) is 11.0 Å². The molecule has 0 bridgehead atoms. The third kappa shape index (κ3) is 5.33. The first kappa shape index (κ1) is 21.6. The third-order valence-corrected chi connectivity index (χ3v) is 5.56. The molecule has 32 heavy (non-hydrogen) atoms. The van der Waals surface area contributed by atoms with E-state index in [4.69, 9.17) is 0 Å². The molecule has 6 nitrogen and oxygen atoms in total. The van der Waals surface area contributed by atoms with Crippen LogP contribution in [0.4, 0.5) is 10.2 Å². The van der Waals surface area contributed by atoms with Crippen LogP contribution in [0, 0.1) is 5.82 Å². The monoisotopic (exact) mass is 448 g/mol. The number of nitrogens with zero attached hydrogens (tertiary/aromatic N) is 3. The molecule has 1 N–H and O–H groups in total. The first-order valence-electron chi connectivity index (χ1n) is 9.92. The van der Waals surface area contributed by atoms with Crippen molar-refractivity contribution in [1.29, 1.82) is 0 Å². The van der Waals surface area contributed by atoms with E-state index in [9.17, 15) is 12.8 Å². The minimum atomic E-state index is -3.49. The van der Waals surface area contributed by atoms with E-state index >= 15 is 0 Å². The van der Waals surface area contributed by atoms with Crippen LogP contribution in [0.3, 0.4) is 0 Å². The molecule has 4 aromatic rings. The van der Waals surface area contributed by atoms with Crippen molar-refractivity contribution in [3.63, 3.8) is 0 Å². The molecule has 8 heteroatoms. The Kier molecular flexibility index (Phi) is 6.23. The van der Waals surface area contributed by atoms with Crippen LogP contribution in [-0.4, -0.2) is 29.6 Å². The summed E-state index contributed by atoms with van der Waals surface area (Å²) in [5.74, 6) is -0.276. The van der Waals surface area contributed by atoms with Crippen LogP contribution >= 0.6 is 0 Å². The topological polar surface area (TPSA) is 84.8 Å². The minimum Gasteiger partial charge on any atom is -0.268 e. The first-order valence-corrected chi connectivity index (χ1v) is 11.8. The highest BCUT2D eigenvalue weighted by Crippen LogP contribution is 2.32. The van der Waals surface area contributed by atoms with Gasteiger partial charge in [0, 0.05) is 36.3 Å². The molecule has 0 fully saturated rings. The second-order valence-electron chi connectivity index (χ2n) is 7.41. The van der Waals surface area contributed by atoms with Crippen LogP contribution in [0.15, 0.2) is 85.5 Å². The van der Waals surface area contributed by atoms with Gasteiger partial charge in [-0.2, -0.15) is 0 Å². The zero-order chi connectivity index (χ0) is 22.6. The molecule has 0 unspecified atom stereocenters. The van der Waals surface area contributed by atoms with Crippen LogP contribution in [0.2, 0.25) is 0 Å². The molecule has 0 aliphatic rings. The fraction of sp³-hybridized carbons (Fsp3) is 0.125. The largest absolute Gasteiger partial charge is 0.268 e. The highest BCUT2D eigenvalue weighted by Gasteiger charge is 2.19. The lowest BCUT2D eigenvalue weighted by Crippen LogP contribution is -2.11. The lowest BCUT2D eigenvalue weighted by atomic mass is 9.85. The number of sulfonamides is 1. The van der Waals surface area contributed by atoms with E-state index in [0.717, 1.165) is 22.9 Å². The maximum atomic E-state index is 14.2. The molecule has 0 saturated carbocycles. The van der Waals surface area contributed by atoms with E-state index in [-0.39, 0.29) is 11.7 Å². The van der Waals surface area contributed by atoms with Crippen molar-refractivity contribution < 1.29 is 12.8 Å². The van der Waals surface area contributed by atoms with Crippen LogP contribution in [0.5, 0.6) is 0 Å². The molecule has 0 saturated heterocycles. The summed E-state index contributed by atoms with van der Waals surface area (Å²) in [6.45, 7) is 0. The molecule has 3 aromatic heterocycles. The van der Waals surface area contributed by atoms with Gasteiger partial charge in [0.15, 0.2) is 0 Å². The van der Waals surface area contributed by atoms with Gasteiger partial charge < -0.3 is 0 Å². The van der Waals surface area contributed by atoms with Crippen molar-refractivity contribution in [1.82, 2.24) is 15.0 Å². The van der Waals surface area contributed by atoms with E-state index in [0.29, 0.717) is 17.7 Å². The Morgan fingerprint density at radius 3 is 2.22 bits per heavy atom. The van der Waals surface area contributed by atoms with Crippen LogP contribution < -0.4 is 4.72 Å². The summed E-state index contributed by atoms with van der Waals surface area (Å²) in [4.78, 5) is 12.9. The van der Waals surface area contributed by atoms with E-state index < -0.39 is 15.8 Å². The van der Waals surface area contributed by atoms with E-state index in [2.05, 4.69) is 19.7 Å². The Labute approximate surface area is 186 Å².